The van der Waals surface area contributed by atoms with E-state index in [2.05, 4.69) is 38.9 Å². The number of aromatic amines is 1. The molecule has 5 rings (SSSR count). The van der Waals surface area contributed by atoms with Gasteiger partial charge in [0.25, 0.3) is 5.91 Å². The largest absolute Gasteiger partial charge is 0.361 e. The molecular weight excluding hydrogens is 372 g/mol. The first-order chi connectivity index (χ1) is 13.6. The molecule has 5 aromatic rings. The highest BCUT2D eigenvalue weighted by Crippen LogP contribution is 2.38. The van der Waals surface area contributed by atoms with Crippen LogP contribution in [0.1, 0.15) is 21.8 Å². The number of fused-ring (bicyclic) bond motifs is 2. The number of carbonyl (C=O) groups is 1. The lowest BCUT2D eigenvalue weighted by atomic mass is 10.1. The second kappa shape index (κ2) is 6.31. The molecule has 0 radical (unpaired) electrons. The first-order valence-electron chi connectivity index (χ1n) is 8.80. The SMILES string of the molecule is Cc1noc(C)c1C(=O)Nc1cc(-c2cc3ccccc3s2)c2[nH]ncc2c1. The third-order valence-corrected chi connectivity index (χ3v) is 5.91. The van der Waals surface area contributed by atoms with Gasteiger partial charge in [0, 0.05) is 26.2 Å². The third-order valence-electron chi connectivity index (χ3n) is 4.76. The van der Waals surface area contributed by atoms with Crippen LogP contribution >= 0.6 is 11.3 Å². The molecule has 0 aliphatic carbocycles. The quantitative estimate of drug-likeness (QED) is 0.439. The number of hydrogen-bond donors (Lipinski definition) is 2. The van der Waals surface area contributed by atoms with Crippen LogP contribution in [0.15, 0.2) is 53.2 Å². The van der Waals surface area contributed by atoms with Gasteiger partial charge in [0.1, 0.15) is 11.3 Å². The molecule has 2 N–H and O–H groups in total. The van der Waals surface area contributed by atoms with E-state index in [1.807, 2.05) is 24.3 Å². The lowest BCUT2D eigenvalue weighted by molar-refractivity contribution is 0.102. The minimum atomic E-state index is -0.235. The summed E-state index contributed by atoms with van der Waals surface area (Å²) in [6, 6.07) is 14.3. The normalized spacial score (nSPS) is 11.4. The minimum absolute atomic E-state index is 0.235. The summed E-state index contributed by atoms with van der Waals surface area (Å²) in [5.74, 6) is 0.269. The zero-order valence-corrected chi connectivity index (χ0v) is 16.1. The van der Waals surface area contributed by atoms with Gasteiger partial charge in [0.05, 0.1) is 17.4 Å². The van der Waals surface area contributed by atoms with Crippen LogP contribution in [0, 0.1) is 13.8 Å². The summed E-state index contributed by atoms with van der Waals surface area (Å²) in [6.45, 7) is 3.49. The van der Waals surface area contributed by atoms with E-state index in [0.717, 1.165) is 21.3 Å². The van der Waals surface area contributed by atoms with Gasteiger partial charge in [-0.2, -0.15) is 5.10 Å². The summed E-state index contributed by atoms with van der Waals surface area (Å²) in [5.41, 5.74) is 3.69. The molecule has 3 heterocycles. The van der Waals surface area contributed by atoms with Crippen molar-refractivity contribution in [2.24, 2.45) is 0 Å². The van der Waals surface area contributed by atoms with Crippen LogP contribution in [0.5, 0.6) is 0 Å². The van der Waals surface area contributed by atoms with Crippen molar-refractivity contribution in [3.05, 3.63) is 65.7 Å². The monoisotopic (exact) mass is 388 g/mol. The maximum atomic E-state index is 12.7. The number of amides is 1. The first kappa shape index (κ1) is 16.7. The van der Waals surface area contributed by atoms with Gasteiger partial charge in [-0.25, -0.2) is 0 Å². The summed E-state index contributed by atoms with van der Waals surface area (Å²) in [4.78, 5) is 13.9. The molecule has 138 valence electrons. The second-order valence-corrected chi connectivity index (χ2v) is 7.74. The van der Waals surface area contributed by atoms with Crippen molar-refractivity contribution in [2.75, 3.05) is 5.32 Å². The lowest BCUT2D eigenvalue weighted by Gasteiger charge is -2.08. The van der Waals surface area contributed by atoms with Gasteiger partial charge in [0.15, 0.2) is 0 Å². The fourth-order valence-corrected chi connectivity index (χ4v) is 4.52. The molecule has 0 atom stereocenters. The van der Waals surface area contributed by atoms with Crippen LogP contribution in [0.3, 0.4) is 0 Å². The van der Waals surface area contributed by atoms with Crippen LogP contribution in [-0.2, 0) is 0 Å². The predicted octanol–water partition coefficient (Wildman–Crippen LogP) is 5.30. The number of nitrogens with zero attached hydrogens (tertiary/aromatic N) is 2. The first-order valence-corrected chi connectivity index (χ1v) is 9.62. The van der Waals surface area contributed by atoms with Gasteiger partial charge in [0.2, 0.25) is 0 Å². The topological polar surface area (TPSA) is 83.8 Å². The Balaban J connectivity index is 1.60. The Morgan fingerprint density at radius 1 is 1.14 bits per heavy atom. The molecule has 0 saturated heterocycles. The van der Waals surface area contributed by atoms with Crippen molar-refractivity contribution in [2.45, 2.75) is 13.8 Å². The Morgan fingerprint density at radius 3 is 2.79 bits per heavy atom. The number of thiophene rings is 1. The smallest absolute Gasteiger partial charge is 0.261 e. The molecule has 0 aliphatic rings. The summed E-state index contributed by atoms with van der Waals surface area (Å²) < 4.78 is 6.33. The van der Waals surface area contributed by atoms with Gasteiger partial charge < -0.3 is 9.84 Å². The fraction of sp³-hybridized carbons (Fsp3) is 0.0952. The van der Waals surface area contributed by atoms with Crippen LogP contribution in [0.4, 0.5) is 5.69 Å². The number of benzene rings is 2. The van der Waals surface area contributed by atoms with Crippen molar-refractivity contribution < 1.29 is 9.32 Å². The zero-order chi connectivity index (χ0) is 19.3. The molecule has 0 fully saturated rings. The molecular formula is C21H16N4O2S. The van der Waals surface area contributed by atoms with E-state index < -0.39 is 0 Å². The van der Waals surface area contributed by atoms with E-state index in [0.29, 0.717) is 22.7 Å². The second-order valence-electron chi connectivity index (χ2n) is 6.66. The molecule has 28 heavy (non-hydrogen) atoms. The molecule has 7 heteroatoms. The van der Waals surface area contributed by atoms with E-state index in [1.54, 1.807) is 31.4 Å². The number of carbonyl (C=O) groups excluding carboxylic acids is 1. The fourth-order valence-electron chi connectivity index (χ4n) is 3.44. The lowest BCUT2D eigenvalue weighted by Crippen LogP contribution is -2.13. The summed E-state index contributed by atoms with van der Waals surface area (Å²) in [5, 5.41) is 16.2. The van der Waals surface area contributed by atoms with Crippen LogP contribution in [-0.4, -0.2) is 21.3 Å². The number of rotatable bonds is 3. The Bertz CT molecular complexity index is 1290. The highest BCUT2D eigenvalue weighted by atomic mass is 32.1. The molecule has 3 aromatic heterocycles. The molecule has 0 aliphatic heterocycles. The van der Waals surface area contributed by atoms with Crippen LogP contribution in [0.25, 0.3) is 31.4 Å². The number of H-pyrrole nitrogens is 1. The predicted molar refractivity (Wildman–Crippen MR) is 111 cm³/mol. The average molecular weight is 388 g/mol. The van der Waals surface area contributed by atoms with E-state index in [9.17, 15) is 4.79 Å². The maximum Gasteiger partial charge on any atom is 0.261 e. The van der Waals surface area contributed by atoms with E-state index >= 15 is 0 Å². The number of nitrogens with one attached hydrogen (secondary N) is 2. The van der Waals surface area contributed by atoms with Crippen LogP contribution in [0.2, 0.25) is 0 Å². The molecule has 0 unspecified atom stereocenters. The van der Waals surface area contributed by atoms with Crippen molar-refractivity contribution in [1.82, 2.24) is 15.4 Å². The van der Waals surface area contributed by atoms with E-state index in [1.165, 1.54) is 10.1 Å². The summed E-state index contributed by atoms with van der Waals surface area (Å²) in [6.07, 6.45) is 1.76. The maximum absolute atomic E-state index is 12.7. The minimum Gasteiger partial charge on any atom is -0.361 e. The molecule has 0 bridgehead atoms. The molecule has 0 saturated carbocycles. The Kier molecular flexibility index (Phi) is 3.77. The number of hydrogen-bond acceptors (Lipinski definition) is 5. The zero-order valence-electron chi connectivity index (χ0n) is 15.2. The third kappa shape index (κ3) is 2.68. The van der Waals surface area contributed by atoms with Crippen molar-refractivity contribution in [3.63, 3.8) is 0 Å². The van der Waals surface area contributed by atoms with Crippen molar-refractivity contribution in [1.29, 1.82) is 0 Å². The van der Waals surface area contributed by atoms with Gasteiger partial charge in [-0.15, -0.1) is 11.3 Å². The van der Waals surface area contributed by atoms with Gasteiger partial charge in [-0.3, -0.25) is 9.89 Å². The number of aromatic nitrogens is 3. The standard InChI is InChI=1S/C21H16N4O2S/c1-11-19(12(2)27-25-11)21(26)23-15-7-14-10-22-24-20(14)16(9-15)18-8-13-5-3-4-6-17(13)28-18/h3-10H,1-2H3,(H,22,24)(H,23,26). The van der Waals surface area contributed by atoms with Crippen molar-refractivity contribution in [3.8, 4) is 10.4 Å². The van der Waals surface area contributed by atoms with E-state index in [-0.39, 0.29) is 5.91 Å². The van der Waals surface area contributed by atoms with Crippen LogP contribution < -0.4 is 5.32 Å². The Labute approximate surface area is 164 Å². The molecule has 2 aromatic carbocycles. The van der Waals surface area contributed by atoms with E-state index in [4.69, 9.17) is 4.52 Å². The van der Waals surface area contributed by atoms with Gasteiger partial charge in [-0.1, -0.05) is 23.4 Å². The van der Waals surface area contributed by atoms with Gasteiger partial charge in [-0.05, 0) is 43.5 Å². The molecule has 6 nitrogen and oxygen atoms in total. The molecule has 0 spiro atoms. The number of aryl methyl sites for hydroxylation is 2. The summed E-state index contributed by atoms with van der Waals surface area (Å²) >= 11 is 1.71. The average Bonchev–Trinajstić information content (AvgIpc) is 3.39. The molecule has 1 amide bonds. The Hall–Kier alpha value is -3.45. The van der Waals surface area contributed by atoms with Crippen molar-refractivity contribution >= 4 is 43.9 Å². The van der Waals surface area contributed by atoms with Gasteiger partial charge >= 0.3 is 0 Å². The number of anilines is 1. The highest BCUT2D eigenvalue weighted by Gasteiger charge is 2.19. The highest BCUT2D eigenvalue weighted by molar-refractivity contribution is 7.22. The summed E-state index contributed by atoms with van der Waals surface area (Å²) in [7, 11) is 0. The Morgan fingerprint density at radius 2 is 2.00 bits per heavy atom.